The molecule has 0 atom stereocenters. The van der Waals surface area contributed by atoms with Crippen LogP contribution in [0.1, 0.15) is 27.3 Å². The van der Waals surface area contributed by atoms with Crippen LogP contribution >= 0.6 is 11.8 Å². The van der Waals surface area contributed by atoms with Crippen molar-refractivity contribution in [3.8, 4) is 5.69 Å². The molecule has 0 spiro atoms. The van der Waals surface area contributed by atoms with Gasteiger partial charge < -0.3 is 9.30 Å². The van der Waals surface area contributed by atoms with Gasteiger partial charge in [0.2, 0.25) is 0 Å². The number of methoxy groups -OCH3 is 1. The average molecular weight is 433 g/mol. The summed E-state index contributed by atoms with van der Waals surface area (Å²) < 4.78 is 6.86. The Morgan fingerprint density at radius 1 is 1.00 bits per heavy atom. The Bertz CT molecular complexity index is 1230. The first kappa shape index (κ1) is 20.7. The zero-order valence-corrected chi connectivity index (χ0v) is 18.1. The standard InChI is InChI=1S/C24H20N2O4S/c1-15-13-17(16(2)25(15)20-12-8-7-11-19(20)23(28)30-3)14-21-22(27)26(24(29)31-21)18-9-5-4-6-10-18/h4-14H,1-3H3. The number of ether oxygens (including phenoxy) is 1. The molecule has 0 saturated carbocycles. The number of carbonyl (C=O) groups is 3. The molecule has 6 nitrogen and oxygen atoms in total. The molecule has 0 unspecified atom stereocenters. The van der Waals surface area contributed by atoms with Gasteiger partial charge in [-0.05, 0) is 67.6 Å². The highest BCUT2D eigenvalue weighted by atomic mass is 32.2. The van der Waals surface area contributed by atoms with E-state index >= 15 is 0 Å². The highest BCUT2D eigenvalue weighted by Gasteiger charge is 2.36. The number of imide groups is 1. The Balaban J connectivity index is 1.74. The lowest BCUT2D eigenvalue weighted by Crippen LogP contribution is -2.27. The number of aryl methyl sites for hydroxylation is 1. The first-order valence-electron chi connectivity index (χ1n) is 9.62. The normalized spacial score (nSPS) is 15.1. The minimum Gasteiger partial charge on any atom is -0.465 e. The topological polar surface area (TPSA) is 68.6 Å². The van der Waals surface area contributed by atoms with Crippen LogP contribution in [-0.4, -0.2) is 28.8 Å². The van der Waals surface area contributed by atoms with E-state index in [1.165, 1.54) is 12.0 Å². The quantitative estimate of drug-likeness (QED) is 0.423. The number of para-hydroxylation sites is 2. The zero-order chi connectivity index (χ0) is 22.1. The van der Waals surface area contributed by atoms with Crippen molar-refractivity contribution < 1.29 is 19.1 Å². The number of anilines is 1. The Kier molecular flexibility index (Phi) is 5.52. The maximum absolute atomic E-state index is 12.9. The van der Waals surface area contributed by atoms with Crippen molar-refractivity contribution in [1.29, 1.82) is 0 Å². The Hall–Kier alpha value is -3.58. The van der Waals surface area contributed by atoms with E-state index in [0.29, 0.717) is 21.8 Å². The highest BCUT2D eigenvalue weighted by molar-refractivity contribution is 8.19. The maximum atomic E-state index is 12.9. The number of hydrogen-bond acceptors (Lipinski definition) is 5. The number of amides is 2. The molecule has 0 bridgehead atoms. The molecule has 0 radical (unpaired) electrons. The number of hydrogen-bond donors (Lipinski definition) is 0. The van der Waals surface area contributed by atoms with Crippen LogP contribution in [0.3, 0.4) is 0 Å². The van der Waals surface area contributed by atoms with Crippen molar-refractivity contribution in [3.63, 3.8) is 0 Å². The number of carbonyl (C=O) groups excluding carboxylic acids is 3. The minimum atomic E-state index is -0.423. The molecule has 31 heavy (non-hydrogen) atoms. The largest absolute Gasteiger partial charge is 0.465 e. The Labute approximate surface area is 184 Å². The van der Waals surface area contributed by atoms with Crippen molar-refractivity contribution in [2.45, 2.75) is 13.8 Å². The zero-order valence-electron chi connectivity index (χ0n) is 17.3. The smallest absolute Gasteiger partial charge is 0.339 e. The predicted molar refractivity (Wildman–Crippen MR) is 121 cm³/mol. The fourth-order valence-corrected chi connectivity index (χ4v) is 4.50. The third-order valence-electron chi connectivity index (χ3n) is 5.12. The fourth-order valence-electron chi connectivity index (χ4n) is 3.66. The summed E-state index contributed by atoms with van der Waals surface area (Å²) in [5, 5.41) is -0.327. The van der Waals surface area contributed by atoms with Gasteiger partial charge in [0.1, 0.15) is 0 Å². The van der Waals surface area contributed by atoms with Crippen LogP contribution in [0.15, 0.2) is 65.6 Å². The van der Waals surface area contributed by atoms with E-state index in [4.69, 9.17) is 4.74 Å². The molecule has 0 N–H and O–H groups in total. The van der Waals surface area contributed by atoms with Gasteiger partial charge in [-0.2, -0.15) is 0 Å². The summed E-state index contributed by atoms with van der Waals surface area (Å²) in [5.74, 6) is -0.769. The summed E-state index contributed by atoms with van der Waals surface area (Å²) in [6.07, 6.45) is 1.73. The number of thioether (sulfide) groups is 1. The van der Waals surface area contributed by atoms with E-state index in [1.54, 1.807) is 42.5 Å². The first-order chi connectivity index (χ1) is 14.9. The molecular formula is C24H20N2O4S. The average Bonchev–Trinajstić information content (AvgIpc) is 3.22. The van der Waals surface area contributed by atoms with E-state index in [0.717, 1.165) is 28.7 Å². The lowest BCUT2D eigenvalue weighted by molar-refractivity contribution is -0.113. The molecule has 2 heterocycles. The molecule has 7 heteroatoms. The molecule has 1 aromatic heterocycles. The number of aromatic nitrogens is 1. The lowest BCUT2D eigenvalue weighted by atomic mass is 10.1. The van der Waals surface area contributed by atoms with E-state index in [1.807, 2.05) is 42.7 Å². The van der Waals surface area contributed by atoms with Gasteiger partial charge in [-0.25, -0.2) is 9.69 Å². The third-order valence-corrected chi connectivity index (χ3v) is 5.98. The molecular weight excluding hydrogens is 412 g/mol. The van der Waals surface area contributed by atoms with E-state index in [9.17, 15) is 14.4 Å². The Morgan fingerprint density at radius 3 is 2.39 bits per heavy atom. The maximum Gasteiger partial charge on any atom is 0.339 e. The first-order valence-corrected chi connectivity index (χ1v) is 10.4. The third kappa shape index (κ3) is 3.68. The number of rotatable bonds is 4. The van der Waals surface area contributed by atoms with E-state index in [2.05, 4.69) is 0 Å². The summed E-state index contributed by atoms with van der Waals surface area (Å²) >= 11 is 0.918. The van der Waals surface area contributed by atoms with Crippen LogP contribution in [0.5, 0.6) is 0 Å². The molecule has 1 aliphatic rings. The summed E-state index contributed by atoms with van der Waals surface area (Å²) in [6.45, 7) is 3.84. The van der Waals surface area contributed by atoms with Gasteiger partial charge in [-0.3, -0.25) is 9.59 Å². The fraction of sp³-hybridized carbons (Fsp3) is 0.125. The molecule has 4 rings (SSSR count). The molecule has 1 aliphatic heterocycles. The molecule has 1 saturated heterocycles. The van der Waals surface area contributed by atoms with Gasteiger partial charge in [-0.15, -0.1) is 0 Å². The monoisotopic (exact) mass is 432 g/mol. The number of esters is 1. The Morgan fingerprint density at radius 2 is 1.68 bits per heavy atom. The SMILES string of the molecule is COC(=O)c1ccccc1-n1c(C)cc(C=C2SC(=O)N(c3ccccc3)C2=O)c1C. The van der Waals surface area contributed by atoms with Crippen LogP contribution in [0.25, 0.3) is 11.8 Å². The number of nitrogens with zero attached hydrogens (tertiary/aromatic N) is 2. The van der Waals surface area contributed by atoms with Gasteiger partial charge in [0.05, 0.1) is 29.0 Å². The molecule has 0 aliphatic carbocycles. The molecule has 156 valence electrons. The summed E-state index contributed by atoms with van der Waals surface area (Å²) in [7, 11) is 1.35. The molecule has 1 fully saturated rings. The van der Waals surface area contributed by atoms with Crippen LogP contribution in [0, 0.1) is 13.8 Å². The van der Waals surface area contributed by atoms with Crippen LogP contribution in [0.4, 0.5) is 10.5 Å². The van der Waals surface area contributed by atoms with Crippen LogP contribution in [-0.2, 0) is 9.53 Å². The van der Waals surface area contributed by atoms with Gasteiger partial charge in [0.15, 0.2) is 0 Å². The van der Waals surface area contributed by atoms with Crippen molar-refractivity contribution in [2.24, 2.45) is 0 Å². The summed E-state index contributed by atoms with van der Waals surface area (Å²) in [5.41, 5.74) is 4.23. The van der Waals surface area contributed by atoms with Gasteiger partial charge in [-0.1, -0.05) is 30.3 Å². The van der Waals surface area contributed by atoms with Crippen molar-refractivity contribution in [1.82, 2.24) is 4.57 Å². The molecule has 2 amide bonds. The summed E-state index contributed by atoms with van der Waals surface area (Å²) in [4.78, 5) is 39.2. The second-order valence-corrected chi connectivity index (χ2v) is 8.02. The molecule has 2 aromatic carbocycles. The lowest BCUT2D eigenvalue weighted by Gasteiger charge is -2.13. The van der Waals surface area contributed by atoms with Crippen LogP contribution < -0.4 is 4.90 Å². The highest BCUT2D eigenvalue weighted by Crippen LogP contribution is 2.36. The van der Waals surface area contributed by atoms with E-state index in [-0.39, 0.29) is 11.1 Å². The van der Waals surface area contributed by atoms with Crippen molar-refractivity contribution >= 4 is 40.6 Å². The van der Waals surface area contributed by atoms with Crippen LogP contribution in [0.2, 0.25) is 0 Å². The predicted octanol–water partition coefficient (Wildman–Crippen LogP) is 5.12. The van der Waals surface area contributed by atoms with E-state index < -0.39 is 5.97 Å². The van der Waals surface area contributed by atoms with Gasteiger partial charge >= 0.3 is 5.97 Å². The number of benzene rings is 2. The summed E-state index contributed by atoms with van der Waals surface area (Å²) in [6, 6.07) is 18.0. The van der Waals surface area contributed by atoms with Gasteiger partial charge in [0, 0.05) is 11.4 Å². The van der Waals surface area contributed by atoms with Gasteiger partial charge in [0.25, 0.3) is 11.1 Å². The minimum absolute atomic E-state index is 0.327. The van der Waals surface area contributed by atoms with Crippen molar-refractivity contribution in [3.05, 3.63) is 88.1 Å². The molecule has 3 aromatic rings. The van der Waals surface area contributed by atoms with Crippen molar-refractivity contribution in [2.75, 3.05) is 12.0 Å². The second kappa shape index (κ2) is 8.28. The second-order valence-electron chi connectivity index (χ2n) is 7.02.